The summed E-state index contributed by atoms with van der Waals surface area (Å²) < 4.78 is 10.7. The maximum Gasteiger partial charge on any atom is 0.227 e. The van der Waals surface area contributed by atoms with Gasteiger partial charge in [-0.1, -0.05) is 35.5 Å². The van der Waals surface area contributed by atoms with Crippen LogP contribution in [0.1, 0.15) is 19.2 Å². The number of ether oxygens (including phenoxy) is 1. The van der Waals surface area contributed by atoms with Gasteiger partial charge >= 0.3 is 0 Å². The lowest BCUT2D eigenvalue weighted by atomic mass is 10.2. The number of aromatic nitrogens is 2. The lowest BCUT2D eigenvalue weighted by molar-refractivity contribution is -0.138. The molecule has 22 heavy (non-hydrogen) atoms. The first-order valence-corrected chi connectivity index (χ1v) is 7.50. The Bertz CT molecular complexity index is 627. The van der Waals surface area contributed by atoms with Gasteiger partial charge in [-0.15, -0.1) is 0 Å². The maximum absolute atomic E-state index is 12.2. The summed E-state index contributed by atoms with van der Waals surface area (Å²) in [5, 5.41) is 3.96. The maximum atomic E-state index is 12.2. The molecule has 1 amide bonds. The molecule has 3 rings (SSSR count). The van der Waals surface area contributed by atoms with E-state index >= 15 is 0 Å². The number of aryl methyl sites for hydroxylation is 1. The molecule has 1 aromatic heterocycles. The molecule has 1 fully saturated rings. The third-order valence-corrected chi connectivity index (χ3v) is 3.65. The molecule has 1 saturated heterocycles. The van der Waals surface area contributed by atoms with Crippen LogP contribution in [0.15, 0.2) is 34.9 Å². The minimum atomic E-state index is 0.103. The summed E-state index contributed by atoms with van der Waals surface area (Å²) in [7, 11) is 0. The summed E-state index contributed by atoms with van der Waals surface area (Å²) in [5.41, 5.74) is 0.908. The average Bonchev–Trinajstić information content (AvgIpc) is 3.02. The molecule has 0 N–H and O–H groups in total. The van der Waals surface area contributed by atoms with Crippen LogP contribution in [0.2, 0.25) is 0 Å². The molecule has 2 aromatic rings. The number of rotatable bonds is 4. The van der Waals surface area contributed by atoms with E-state index in [1.807, 2.05) is 42.2 Å². The van der Waals surface area contributed by atoms with Crippen LogP contribution in [0.3, 0.4) is 0 Å². The van der Waals surface area contributed by atoms with E-state index in [-0.39, 0.29) is 12.0 Å². The lowest BCUT2D eigenvalue weighted by Gasteiger charge is -2.31. The van der Waals surface area contributed by atoms with Crippen molar-refractivity contribution in [3.63, 3.8) is 0 Å². The Hall–Kier alpha value is -2.21. The molecule has 1 atom stereocenters. The second kappa shape index (κ2) is 6.70. The van der Waals surface area contributed by atoms with Crippen molar-refractivity contribution in [3.05, 3.63) is 36.2 Å². The van der Waals surface area contributed by atoms with Gasteiger partial charge in [0.05, 0.1) is 12.7 Å². The van der Waals surface area contributed by atoms with Gasteiger partial charge in [0.15, 0.2) is 0 Å². The Morgan fingerprint density at radius 1 is 1.36 bits per heavy atom. The van der Waals surface area contributed by atoms with Gasteiger partial charge in [0, 0.05) is 31.5 Å². The highest BCUT2D eigenvalue weighted by Gasteiger charge is 2.21. The molecule has 0 spiro atoms. The van der Waals surface area contributed by atoms with Crippen molar-refractivity contribution in [1.29, 1.82) is 0 Å². The van der Waals surface area contributed by atoms with E-state index in [2.05, 4.69) is 10.1 Å². The van der Waals surface area contributed by atoms with Gasteiger partial charge in [-0.2, -0.15) is 4.98 Å². The van der Waals surface area contributed by atoms with E-state index < -0.39 is 0 Å². The number of carbonyl (C=O) groups is 1. The highest BCUT2D eigenvalue weighted by Crippen LogP contribution is 2.16. The van der Waals surface area contributed by atoms with E-state index in [9.17, 15) is 4.79 Å². The standard InChI is InChI=1S/C16H19N3O3/c1-12-11-19(9-10-21-12)15(20)8-7-14-17-16(18-22-14)13-5-3-2-4-6-13/h2-6,12H,7-11H2,1H3. The van der Waals surface area contributed by atoms with Crippen LogP contribution in [0.5, 0.6) is 0 Å². The minimum absolute atomic E-state index is 0.103. The van der Waals surface area contributed by atoms with E-state index in [1.165, 1.54) is 0 Å². The monoisotopic (exact) mass is 301 g/mol. The molecule has 1 aliphatic rings. The summed E-state index contributed by atoms with van der Waals surface area (Å²) >= 11 is 0. The Morgan fingerprint density at radius 2 is 2.18 bits per heavy atom. The molecular formula is C16H19N3O3. The Balaban J connectivity index is 1.56. The Labute approximate surface area is 129 Å². The first kappa shape index (κ1) is 14.7. The first-order chi connectivity index (χ1) is 10.7. The summed E-state index contributed by atoms with van der Waals surface area (Å²) in [4.78, 5) is 18.3. The summed E-state index contributed by atoms with van der Waals surface area (Å²) in [5.74, 6) is 1.16. The molecule has 0 radical (unpaired) electrons. The zero-order valence-corrected chi connectivity index (χ0v) is 12.6. The zero-order valence-electron chi connectivity index (χ0n) is 12.6. The quantitative estimate of drug-likeness (QED) is 0.863. The predicted octanol–water partition coefficient (Wildman–Crippen LogP) is 1.92. The van der Waals surface area contributed by atoms with Crippen molar-refractivity contribution >= 4 is 5.91 Å². The van der Waals surface area contributed by atoms with Crippen LogP contribution in [-0.4, -0.2) is 46.7 Å². The topological polar surface area (TPSA) is 68.5 Å². The molecular weight excluding hydrogens is 282 g/mol. The third-order valence-electron chi connectivity index (χ3n) is 3.65. The van der Waals surface area contributed by atoms with E-state index in [0.29, 0.717) is 44.3 Å². The van der Waals surface area contributed by atoms with Crippen LogP contribution in [0.4, 0.5) is 0 Å². The molecule has 2 heterocycles. The number of benzene rings is 1. The van der Waals surface area contributed by atoms with Crippen molar-refractivity contribution in [1.82, 2.24) is 15.0 Å². The van der Waals surface area contributed by atoms with Crippen molar-refractivity contribution < 1.29 is 14.1 Å². The molecule has 1 unspecified atom stereocenters. The highest BCUT2D eigenvalue weighted by molar-refractivity contribution is 5.76. The van der Waals surface area contributed by atoms with Gasteiger partial charge in [0.2, 0.25) is 17.6 Å². The van der Waals surface area contributed by atoms with Crippen molar-refractivity contribution in [3.8, 4) is 11.4 Å². The van der Waals surface area contributed by atoms with Crippen LogP contribution < -0.4 is 0 Å². The Morgan fingerprint density at radius 3 is 2.95 bits per heavy atom. The van der Waals surface area contributed by atoms with Gasteiger partial charge in [-0.05, 0) is 6.92 Å². The third kappa shape index (κ3) is 3.51. The molecule has 1 aromatic carbocycles. The van der Waals surface area contributed by atoms with Crippen molar-refractivity contribution in [2.24, 2.45) is 0 Å². The van der Waals surface area contributed by atoms with Crippen LogP contribution in [0, 0.1) is 0 Å². The smallest absolute Gasteiger partial charge is 0.227 e. The van der Waals surface area contributed by atoms with Gasteiger partial charge in [0.25, 0.3) is 0 Å². The summed E-state index contributed by atoms with van der Waals surface area (Å²) in [6.45, 7) is 3.88. The van der Waals surface area contributed by atoms with E-state index in [0.717, 1.165) is 5.56 Å². The van der Waals surface area contributed by atoms with Crippen LogP contribution in [0.25, 0.3) is 11.4 Å². The average molecular weight is 301 g/mol. The van der Waals surface area contributed by atoms with E-state index in [1.54, 1.807) is 0 Å². The van der Waals surface area contributed by atoms with Gasteiger partial charge in [-0.3, -0.25) is 4.79 Å². The largest absolute Gasteiger partial charge is 0.375 e. The Kier molecular flexibility index (Phi) is 4.48. The van der Waals surface area contributed by atoms with Gasteiger partial charge in [0.1, 0.15) is 0 Å². The zero-order chi connectivity index (χ0) is 15.4. The molecule has 0 bridgehead atoms. The SMILES string of the molecule is CC1CN(C(=O)CCc2nc(-c3ccccc3)no2)CCO1. The predicted molar refractivity (Wildman–Crippen MR) is 80.0 cm³/mol. The second-order valence-electron chi connectivity index (χ2n) is 5.40. The first-order valence-electron chi connectivity index (χ1n) is 7.50. The van der Waals surface area contributed by atoms with Gasteiger partial charge in [-0.25, -0.2) is 0 Å². The molecule has 0 saturated carbocycles. The van der Waals surface area contributed by atoms with Crippen molar-refractivity contribution in [2.75, 3.05) is 19.7 Å². The normalized spacial score (nSPS) is 18.4. The van der Waals surface area contributed by atoms with Crippen molar-refractivity contribution in [2.45, 2.75) is 25.9 Å². The fourth-order valence-corrected chi connectivity index (χ4v) is 2.48. The number of hydrogen-bond acceptors (Lipinski definition) is 5. The van der Waals surface area contributed by atoms with Crippen LogP contribution in [-0.2, 0) is 16.0 Å². The number of amides is 1. The summed E-state index contributed by atoms with van der Waals surface area (Å²) in [6, 6.07) is 9.64. The fourth-order valence-electron chi connectivity index (χ4n) is 2.48. The molecule has 6 heteroatoms. The fraction of sp³-hybridized carbons (Fsp3) is 0.438. The summed E-state index contributed by atoms with van der Waals surface area (Å²) in [6.07, 6.45) is 0.943. The number of nitrogens with zero attached hydrogens (tertiary/aromatic N) is 3. The number of morpholine rings is 1. The van der Waals surface area contributed by atoms with Crippen LogP contribution >= 0.6 is 0 Å². The number of carbonyl (C=O) groups excluding carboxylic acids is 1. The number of hydrogen-bond donors (Lipinski definition) is 0. The molecule has 1 aliphatic heterocycles. The molecule has 116 valence electrons. The lowest BCUT2D eigenvalue weighted by Crippen LogP contribution is -2.44. The second-order valence-corrected chi connectivity index (χ2v) is 5.40. The highest BCUT2D eigenvalue weighted by atomic mass is 16.5. The van der Waals surface area contributed by atoms with E-state index in [4.69, 9.17) is 9.26 Å². The molecule has 6 nitrogen and oxygen atoms in total. The minimum Gasteiger partial charge on any atom is -0.375 e. The molecule has 0 aliphatic carbocycles. The van der Waals surface area contributed by atoms with Gasteiger partial charge < -0.3 is 14.2 Å².